The highest BCUT2D eigenvalue weighted by atomic mass is 16.5. The van der Waals surface area contributed by atoms with Crippen LogP contribution in [0.15, 0.2) is 0 Å². The molecular weight excluding hydrogens is 186 g/mol. The zero-order chi connectivity index (χ0) is 10.8. The minimum absolute atomic E-state index is 0.920. The minimum atomic E-state index is 0.920. The van der Waals surface area contributed by atoms with Crippen LogP contribution < -0.4 is 5.32 Å². The normalized spacial score (nSPS) is 15.8. The van der Waals surface area contributed by atoms with E-state index in [-0.39, 0.29) is 0 Å². The van der Waals surface area contributed by atoms with E-state index in [1.807, 2.05) is 0 Å². The van der Waals surface area contributed by atoms with Gasteiger partial charge in [0.25, 0.3) is 0 Å². The standard InChI is InChI=1S/C13H27NO/c1-2-9-14-10-5-3-4-6-11-15-12-13-7-8-13/h13-14H,2-12H2,1H3. The van der Waals surface area contributed by atoms with E-state index in [2.05, 4.69) is 12.2 Å². The van der Waals surface area contributed by atoms with Gasteiger partial charge in [-0.3, -0.25) is 0 Å². The van der Waals surface area contributed by atoms with Crippen molar-refractivity contribution in [3.63, 3.8) is 0 Å². The summed E-state index contributed by atoms with van der Waals surface area (Å²) in [5.41, 5.74) is 0. The molecule has 0 aliphatic heterocycles. The molecule has 1 saturated carbocycles. The van der Waals surface area contributed by atoms with Gasteiger partial charge in [-0.15, -0.1) is 0 Å². The van der Waals surface area contributed by atoms with Gasteiger partial charge in [-0.1, -0.05) is 19.8 Å². The molecule has 0 bridgehead atoms. The lowest BCUT2D eigenvalue weighted by Crippen LogP contribution is -2.15. The van der Waals surface area contributed by atoms with Crippen LogP contribution in [0.4, 0.5) is 0 Å². The van der Waals surface area contributed by atoms with Crippen molar-refractivity contribution in [2.75, 3.05) is 26.3 Å². The zero-order valence-corrected chi connectivity index (χ0v) is 10.3. The summed E-state index contributed by atoms with van der Waals surface area (Å²) in [5, 5.41) is 3.43. The van der Waals surface area contributed by atoms with Crippen molar-refractivity contribution in [3.05, 3.63) is 0 Å². The van der Waals surface area contributed by atoms with E-state index in [4.69, 9.17) is 4.74 Å². The molecule has 2 heteroatoms. The summed E-state index contributed by atoms with van der Waals surface area (Å²) in [6, 6.07) is 0. The molecule has 90 valence electrons. The summed E-state index contributed by atoms with van der Waals surface area (Å²) >= 11 is 0. The first-order chi connectivity index (χ1) is 7.43. The third kappa shape index (κ3) is 8.88. The Kier molecular flexibility index (Phi) is 7.94. The lowest BCUT2D eigenvalue weighted by molar-refractivity contribution is 0.120. The molecule has 0 atom stereocenters. The summed E-state index contributed by atoms with van der Waals surface area (Å²) in [4.78, 5) is 0. The van der Waals surface area contributed by atoms with E-state index in [0.29, 0.717) is 0 Å². The molecule has 0 saturated heterocycles. The summed E-state index contributed by atoms with van der Waals surface area (Å²) in [7, 11) is 0. The molecule has 0 aromatic rings. The van der Waals surface area contributed by atoms with Gasteiger partial charge in [0.15, 0.2) is 0 Å². The van der Waals surface area contributed by atoms with Crippen LogP contribution in [0.3, 0.4) is 0 Å². The Labute approximate surface area is 94.8 Å². The van der Waals surface area contributed by atoms with E-state index in [1.165, 1.54) is 58.0 Å². The molecule has 1 N–H and O–H groups in total. The van der Waals surface area contributed by atoms with Gasteiger partial charge in [0, 0.05) is 13.2 Å². The number of nitrogens with one attached hydrogen (secondary N) is 1. The van der Waals surface area contributed by atoms with Crippen LogP contribution in [0.25, 0.3) is 0 Å². The van der Waals surface area contributed by atoms with Crippen LogP contribution in [0, 0.1) is 5.92 Å². The fourth-order valence-corrected chi connectivity index (χ4v) is 1.64. The number of hydrogen-bond acceptors (Lipinski definition) is 2. The molecule has 1 aliphatic rings. The second-order valence-corrected chi connectivity index (χ2v) is 4.68. The molecule has 1 fully saturated rings. The molecule has 0 heterocycles. The van der Waals surface area contributed by atoms with Crippen molar-refractivity contribution >= 4 is 0 Å². The van der Waals surface area contributed by atoms with Crippen LogP contribution in [0.1, 0.15) is 51.9 Å². The van der Waals surface area contributed by atoms with Gasteiger partial charge < -0.3 is 10.1 Å². The van der Waals surface area contributed by atoms with Gasteiger partial charge in [-0.25, -0.2) is 0 Å². The molecule has 0 amide bonds. The fourth-order valence-electron chi connectivity index (χ4n) is 1.64. The second kappa shape index (κ2) is 9.17. The first-order valence-corrected chi connectivity index (χ1v) is 6.72. The molecule has 1 rings (SSSR count). The molecule has 2 nitrogen and oxygen atoms in total. The smallest absolute Gasteiger partial charge is 0.0494 e. The molecule has 0 unspecified atom stereocenters. The van der Waals surface area contributed by atoms with Crippen molar-refractivity contribution in [1.82, 2.24) is 5.32 Å². The highest BCUT2D eigenvalue weighted by molar-refractivity contribution is 4.71. The molecule has 0 aromatic carbocycles. The summed E-state index contributed by atoms with van der Waals surface area (Å²) < 4.78 is 5.59. The molecule has 0 aromatic heterocycles. The maximum Gasteiger partial charge on any atom is 0.0494 e. The Bertz CT molecular complexity index is 134. The minimum Gasteiger partial charge on any atom is -0.381 e. The predicted octanol–water partition coefficient (Wildman–Crippen LogP) is 2.97. The predicted molar refractivity (Wildman–Crippen MR) is 65.2 cm³/mol. The van der Waals surface area contributed by atoms with Gasteiger partial charge in [-0.05, 0) is 51.1 Å². The number of ether oxygens (including phenoxy) is 1. The highest BCUT2D eigenvalue weighted by Crippen LogP contribution is 2.28. The SMILES string of the molecule is CCCNCCCCCCOCC1CC1. The average Bonchev–Trinajstić information content (AvgIpc) is 3.05. The van der Waals surface area contributed by atoms with Crippen LogP contribution >= 0.6 is 0 Å². The Morgan fingerprint density at radius 1 is 1.07 bits per heavy atom. The van der Waals surface area contributed by atoms with Gasteiger partial charge in [0.2, 0.25) is 0 Å². The van der Waals surface area contributed by atoms with E-state index >= 15 is 0 Å². The highest BCUT2D eigenvalue weighted by Gasteiger charge is 2.20. The van der Waals surface area contributed by atoms with Crippen LogP contribution in [0.2, 0.25) is 0 Å². The van der Waals surface area contributed by atoms with Crippen molar-refractivity contribution in [2.45, 2.75) is 51.9 Å². The largest absolute Gasteiger partial charge is 0.381 e. The maximum atomic E-state index is 5.59. The average molecular weight is 213 g/mol. The monoisotopic (exact) mass is 213 g/mol. The zero-order valence-electron chi connectivity index (χ0n) is 10.3. The van der Waals surface area contributed by atoms with Gasteiger partial charge in [-0.2, -0.15) is 0 Å². The van der Waals surface area contributed by atoms with Crippen LogP contribution in [-0.2, 0) is 4.74 Å². The third-order valence-electron chi connectivity index (χ3n) is 2.87. The van der Waals surface area contributed by atoms with Crippen molar-refractivity contribution < 1.29 is 4.74 Å². The summed E-state index contributed by atoms with van der Waals surface area (Å²) in [5.74, 6) is 0.920. The summed E-state index contributed by atoms with van der Waals surface area (Å²) in [6.45, 7) is 6.59. The Morgan fingerprint density at radius 2 is 1.87 bits per heavy atom. The molecule has 0 spiro atoms. The van der Waals surface area contributed by atoms with E-state index in [1.54, 1.807) is 0 Å². The van der Waals surface area contributed by atoms with Crippen LogP contribution in [-0.4, -0.2) is 26.3 Å². The van der Waals surface area contributed by atoms with Crippen molar-refractivity contribution in [3.8, 4) is 0 Å². The topological polar surface area (TPSA) is 21.3 Å². The Balaban J connectivity index is 1.62. The fraction of sp³-hybridized carbons (Fsp3) is 1.00. The van der Waals surface area contributed by atoms with Gasteiger partial charge in [0.05, 0.1) is 0 Å². The van der Waals surface area contributed by atoms with Crippen molar-refractivity contribution in [1.29, 1.82) is 0 Å². The first-order valence-electron chi connectivity index (χ1n) is 6.72. The van der Waals surface area contributed by atoms with E-state index in [0.717, 1.165) is 19.1 Å². The van der Waals surface area contributed by atoms with Crippen LogP contribution in [0.5, 0.6) is 0 Å². The van der Waals surface area contributed by atoms with Gasteiger partial charge >= 0.3 is 0 Å². The molecule has 0 radical (unpaired) electrons. The summed E-state index contributed by atoms with van der Waals surface area (Å²) in [6.07, 6.45) is 9.31. The number of rotatable bonds is 11. The van der Waals surface area contributed by atoms with Gasteiger partial charge in [0.1, 0.15) is 0 Å². The van der Waals surface area contributed by atoms with E-state index in [9.17, 15) is 0 Å². The lowest BCUT2D eigenvalue weighted by Gasteiger charge is -2.04. The Morgan fingerprint density at radius 3 is 2.60 bits per heavy atom. The number of unbranched alkanes of at least 4 members (excludes halogenated alkanes) is 3. The van der Waals surface area contributed by atoms with E-state index < -0.39 is 0 Å². The second-order valence-electron chi connectivity index (χ2n) is 4.68. The molecular formula is C13H27NO. The first kappa shape index (κ1) is 13.0. The molecule has 15 heavy (non-hydrogen) atoms. The maximum absolute atomic E-state index is 5.59. The third-order valence-corrected chi connectivity index (χ3v) is 2.87. The lowest BCUT2D eigenvalue weighted by atomic mass is 10.2. The number of hydrogen-bond donors (Lipinski definition) is 1. The molecule has 1 aliphatic carbocycles. The Hall–Kier alpha value is -0.0800. The van der Waals surface area contributed by atoms with Crippen molar-refractivity contribution in [2.24, 2.45) is 5.92 Å². The quantitative estimate of drug-likeness (QED) is 0.533.